The number of benzene rings is 2. The first-order valence-corrected chi connectivity index (χ1v) is 11.1. The van der Waals surface area contributed by atoms with Crippen LogP contribution in [0.3, 0.4) is 0 Å². The minimum Gasteiger partial charge on any atom is -0.494 e. The van der Waals surface area contributed by atoms with E-state index in [1.54, 1.807) is 12.1 Å². The number of amides is 1. The molecule has 0 bridgehead atoms. The van der Waals surface area contributed by atoms with Crippen molar-refractivity contribution in [1.29, 1.82) is 0 Å². The minimum atomic E-state index is -3.79. The van der Waals surface area contributed by atoms with E-state index >= 15 is 0 Å². The molecule has 0 aliphatic carbocycles. The molecule has 30 heavy (non-hydrogen) atoms. The highest BCUT2D eigenvalue weighted by Gasteiger charge is 2.15. The lowest BCUT2D eigenvalue weighted by Gasteiger charge is -2.10. The number of ether oxygens (including phenoxy) is 2. The highest BCUT2D eigenvalue weighted by Crippen LogP contribution is 2.20. The smallest absolute Gasteiger partial charge is 0.338 e. The number of nitrogens with one attached hydrogen (secondary N) is 2. The molecular formula is C21H26N2O6S. The molecule has 2 rings (SSSR count). The molecule has 1 amide bonds. The van der Waals surface area contributed by atoms with Crippen LogP contribution in [0.25, 0.3) is 0 Å². The molecule has 0 unspecified atom stereocenters. The van der Waals surface area contributed by atoms with Crippen molar-refractivity contribution in [3.63, 3.8) is 0 Å². The summed E-state index contributed by atoms with van der Waals surface area (Å²) in [4.78, 5) is 23.7. The lowest BCUT2D eigenvalue weighted by Crippen LogP contribution is -2.29. The molecule has 0 spiro atoms. The molecule has 0 aliphatic heterocycles. The van der Waals surface area contributed by atoms with Crippen LogP contribution in [0.5, 0.6) is 5.75 Å². The number of hydrogen-bond acceptors (Lipinski definition) is 6. The average Bonchev–Trinajstić information content (AvgIpc) is 2.73. The third kappa shape index (κ3) is 7.07. The summed E-state index contributed by atoms with van der Waals surface area (Å²) in [6, 6.07) is 11.8. The number of carbonyl (C=O) groups excluding carboxylic acids is 2. The van der Waals surface area contributed by atoms with E-state index < -0.39 is 16.0 Å². The zero-order chi connectivity index (χ0) is 22.0. The van der Waals surface area contributed by atoms with Crippen molar-refractivity contribution in [2.24, 2.45) is 0 Å². The molecule has 0 aromatic heterocycles. The van der Waals surface area contributed by atoms with Gasteiger partial charge in [-0.2, -0.15) is 0 Å². The van der Waals surface area contributed by atoms with Crippen LogP contribution >= 0.6 is 0 Å². The molecular weight excluding hydrogens is 408 g/mol. The Morgan fingerprint density at radius 1 is 0.967 bits per heavy atom. The highest BCUT2D eigenvalue weighted by molar-refractivity contribution is 7.92. The second-order valence-electron chi connectivity index (χ2n) is 6.37. The zero-order valence-corrected chi connectivity index (χ0v) is 17.8. The number of hydrogen-bond donors (Lipinski definition) is 2. The van der Waals surface area contributed by atoms with Crippen LogP contribution in [-0.4, -0.2) is 40.1 Å². The highest BCUT2D eigenvalue weighted by atomic mass is 32.2. The van der Waals surface area contributed by atoms with E-state index in [4.69, 9.17) is 9.47 Å². The Labute approximate surface area is 176 Å². The van der Waals surface area contributed by atoms with Crippen molar-refractivity contribution in [2.75, 3.05) is 24.5 Å². The van der Waals surface area contributed by atoms with E-state index in [9.17, 15) is 18.0 Å². The van der Waals surface area contributed by atoms with Crippen LogP contribution in [0.1, 0.15) is 37.0 Å². The van der Waals surface area contributed by atoms with Gasteiger partial charge in [0.15, 0.2) is 6.61 Å². The van der Waals surface area contributed by atoms with Crippen molar-refractivity contribution >= 4 is 27.6 Å². The van der Waals surface area contributed by atoms with Gasteiger partial charge < -0.3 is 14.8 Å². The fourth-order valence-corrected chi connectivity index (χ4v) is 3.50. The quantitative estimate of drug-likeness (QED) is 0.416. The third-order valence-electron chi connectivity index (χ3n) is 4.00. The summed E-state index contributed by atoms with van der Waals surface area (Å²) in [5, 5.41) is 2.65. The summed E-state index contributed by atoms with van der Waals surface area (Å²) in [5.74, 6) is -0.448. The number of sulfonamides is 1. The van der Waals surface area contributed by atoms with Gasteiger partial charge in [0.1, 0.15) is 5.75 Å². The summed E-state index contributed by atoms with van der Waals surface area (Å²) in [5.41, 5.74) is 0.498. The summed E-state index contributed by atoms with van der Waals surface area (Å²) in [7, 11) is -3.79. The molecule has 162 valence electrons. The Kier molecular flexibility index (Phi) is 8.67. The van der Waals surface area contributed by atoms with E-state index in [0.717, 1.165) is 12.8 Å². The van der Waals surface area contributed by atoms with Crippen LogP contribution < -0.4 is 14.8 Å². The molecule has 2 N–H and O–H groups in total. The van der Waals surface area contributed by atoms with Crippen LogP contribution in [0, 0.1) is 0 Å². The van der Waals surface area contributed by atoms with Crippen molar-refractivity contribution < 1.29 is 27.5 Å². The number of anilines is 1. The second-order valence-corrected chi connectivity index (χ2v) is 8.05. The Morgan fingerprint density at radius 3 is 2.23 bits per heavy atom. The van der Waals surface area contributed by atoms with Crippen molar-refractivity contribution in [1.82, 2.24) is 5.32 Å². The second kappa shape index (κ2) is 11.2. The fraction of sp³-hybridized carbons (Fsp3) is 0.333. The first-order valence-electron chi connectivity index (χ1n) is 9.65. The van der Waals surface area contributed by atoms with Crippen LogP contribution in [0.4, 0.5) is 5.69 Å². The van der Waals surface area contributed by atoms with E-state index in [1.807, 2.05) is 13.8 Å². The van der Waals surface area contributed by atoms with Gasteiger partial charge in [0.05, 0.1) is 17.1 Å². The van der Waals surface area contributed by atoms with Gasteiger partial charge in [0.2, 0.25) is 0 Å². The molecule has 2 aromatic carbocycles. The monoisotopic (exact) mass is 434 g/mol. The van der Waals surface area contributed by atoms with Gasteiger partial charge in [-0.15, -0.1) is 0 Å². The first-order chi connectivity index (χ1) is 14.4. The van der Waals surface area contributed by atoms with E-state index in [-0.39, 0.29) is 28.7 Å². The standard InChI is InChI=1S/C21H26N2O6S/c1-3-5-14-22-20(24)15-29-21(25)16-6-8-17(9-7-16)23-30(26,27)19-12-10-18(11-13-19)28-4-2/h6-13,23H,3-5,14-15H2,1-2H3,(H,22,24). The lowest BCUT2D eigenvalue weighted by molar-refractivity contribution is -0.124. The van der Waals surface area contributed by atoms with Gasteiger partial charge in [-0.25, -0.2) is 13.2 Å². The maximum Gasteiger partial charge on any atom is 0.338 e. The Bertz CT molecular complexity index is 940. The molecule has 0 fully saturated rings. The van der Waals surface area contributed by atoms with Crippen LogP contribution in [0.15, 0.2) is 53.4 Å². The van der Waals surface area contributed by atoms with Gasteiger partial charge in [-0.1, -0.05) is 13.3 Å². The van der Waals surface area contributed by atoms with Gasteiger partial charge in [0, 0.05) is 12.2 Å². The van der Waals surface area contributed by atoms with Gasteiger partial charge in [-0.3, -0.25) is 9.52 Å². The Hall–Kier alpha value is -3.07. The average molecular weight is 435 g/mol. The van der Waals surface area contributed by atoms with Crippen LogP contribution in [-0.2, 0) is 19.6 Å². The molecule has 0 radical (unpaired) electrons. The Morgan fingerprint density at radius 2 is 1.63 bits per heavy atom. The third-order valence-corrected chi connectivity index (χ3v) is 5.40. The largest absolute Gasteiger partial charge is 0.494 e. The topological polar surface area (TPSA) is 111 Å². The molecule has 0 atom stereocenters. The predicted octanol–water partition coefficient (Wildman–Crippen LogP) is 2.96. The van der Waals surface area contributed by atoms with Gasteiger partial charge >= 0.3 is 5.97 Å². The molecule has 0 heterocycles. The van der Waals surface area contributed by atoms with E-state index in [2.05, 4.69) is 10.0 Å². The summed E-state index contributed by atoms with van der Waals surface area (Å²) < 4.78 is 37.7. The SMILES string of the molecule is CCCCNC(=O)COC(=O)c1ccc(NS(=O)(=O)c2ccc(OCC)cc2)cc1. The predicted molar refractivity (Wildman–Crippen MR) is 113 cm³/mol. The first kappa shape index (κ1) is 23.2. The minimum absolute atomic E-state index is 0.0866. The molecule has 0 saturated carbocycles. The lowest BCUT2D eigenvalue weighted by atomic mass is 10.2. The fourth-order valence-electron chi connectivity index (χ4n) is 2.44. The molecule has 0 aliphatic rings. The van der Waals surface area contributed by atoms with Gasteiger partial charge in [-0.05, 0) is 61.9 Å². The van der Waals surface area contributed by atoms with E-state index in [1.165, 1.54) is 36.4 Å². The van der Waals surface area contributed by atoms with Crippen molar-refractivity contribution in [3.05, 3.63) is 54.1 Å². The Balaban J connectivity index is 1.93. The van der Waals surface area contributed by atoms with Crippen molar-refractivity contribution in [2.45, 2.75) is 31.6 Å². The number of esters is 1. The summed E-state index contributed by atoms with van der Waals surface area (Å²) in [6.45, 7) is 4.51. The zero-order valence-electron chi connectivity index (χ0n) is 17.0. The maximum absolute atomic E-state index is 12.5. The number of carbonyl (C=O) groups is 2. The molecule has 0 saturated heterocycles. The number of rotatable bonds is 11. The van der Waals surface area contributed by atoms with Gasteiger partial charge in [0.25, 0.3) is 15.9 Å². The molecule has 2 aromatic rings. The maximum atomic E-state index is 12.5. The summed E-state index contributed by atoms with van der Waals surface area (Å²) >= 11 is 0. The normalized spacial score (nSPS) is 10.9. The van der Waals surface area contributed by atoms with E-state index in [0.29, 0.717) is 18.9 Å². The number of unbranched alkanes of at least 4 members (excludes halogenated alkanes) is 1. The molecule has 8 nitrogen and oxygen atoms in total. The summed E-state index contributed by atoms with van der Waals surface area (Å²) in [6.07, 6.45) is 1.81. The molecule has 9 heteroatoms. The van der Waals surface area contributed by atoms with Crippen LogP contribution in [0.2, 0.25) is 0 Å². The van der Waals surface area contributed by atoms with Crippen molar-refractivity contribution in [3.8, 4) is 5.75 Å².